The van der Waals surface area contributed by atoms with E-state index in [2.05, 4.69) is 158 Å². The monoisotopic (exact) mass is 475 g/mol. The number of para-hydroxylation sites is 1. The van der Waals surface area contributed by atoms with Crippen molar-refractivity contribution in [2.45, 2.75) is 13.8 Å². The lowest BCUT2D eigenvalue weighted by molar-refractivity contribution is 1.18. The van der Waals surface area contributed by atoms with Gasteiger partial charge in [-0.1, -0.05) is 114 Å². The van der Waals surface area contributed by atoms with E-state index in [9.17, 15) is 0 Å². The molecule has 0 saturated carbocycles. The van der Waals surface area contributed by atoms with Crippen LogP contribution >= 0.6 is 0 Å². The van der Waals surface area contributed by atoms with Crippen molar-refractivity contribution in [3.05, 3.63) is 149 Å². The fourth-order valence-corrected chi connectivity index (χ4v) is 4.86. The van der Waals surface area contributed by atoms with Crippen LogP contribution in [0.15, 0.2) is 115 Å². The topological polar surface area (TPSA) is 4.93 Å². The maximum atomic E-state index is 2.37. The van der Waals surface area contributed by atoms with Crippen molar-refractivity contribution in [2.75, 3.05) is 0 Å². The van der Waals surface area contributed by atoms with Gasteiger partial charge in [-0.2, -0.15) is 0 Å². The predicted octanol–water partition coefficient (Wildman–Crippen LogP) is 9.74. The Morgan fingerprint density at radius 1 is 0.432 bits per heavy atom. The average Bonchev–Trinajstić information content (AvgIpc) is 3.26. The molecule has 1 nitrogen and oxygen atoms in total. The van der Waals surface area contributed by atoms with E-state index in [0.29, 0.717) is 0 Å². The summed E-state index contributed by atoms with van der Waals surface area (Å²) in [4.78, 5) is 0. The first-order valence-electron chi connectivity index (χ1n) is 12.8. The summed E-state index contributed by atoms with van der Waals surface area (Å²) < 4.78 is 2.37. The van der Waals surface area contributed by atoms with E-state index < -0.39 is 0 Å². The zero-order valence-corrected chi connectivity index (χ0v) is 21.2. The minimum Gasteiger partial charge on any atom is -0.309 e. The number of rotatable bonds is 5. The van der Waals surface area contributed by atoms with E-state index in [1.165, 1.54) is 60.9 Å². The van der Waals surface area contributed by atoms with Crippen molar-refractivity contribution in [2.24, 2.45) is 0 Å². The van der Waals surface area contributed by atoms with Crippen LogP contribution in [0.1, 0.15) is 33.4 Å². The van der Waals surface area contributed by atoms with Crippen molar-refractivity contribution >= 4 is 46.1 Å². The third-order valence-corrected chi connectivity index (χ3v) is 6.92. The zero-order valence-electron chi connectivity index (χ0n) is 21.2. The molecular formula is C36H29N. The summed E-state index contributed by atoms with van der Waals surface area (Å²) in [5.74, 6) is 0. The summed E-state index contributed by atoms with van der Waals surface area (Å²) in [7, 11) is 0. The van der Waals surface area contributed by atoms with Crippen LogP contribution in [0.5, 0.6) is 0 Å². The summed E-state index contributed by atoms with van der Waals surface area (Å²) in [5.41, 5.74) is 11.0. The minimum atomic E-state index is 1.17. The lowest BCUT2D eigenvalue weighted by Gasteiger charge is -2.07. The molecule has 0 atom stereocenters. The van der Waals surface area contributed by atoms with Gasteiger partial charge in [0.2, 0.25) is 0 Å². The first-order chi connectivity index (χ1) is 18.1. The van der Waals surface area contributed by atoms with E-state index in [1.807, 2.05) is 0 Å². The number of hydrogen-bond donors (Lipinski definition) is 0. The Balaban J connectivity index is 1.47. The van der Waals surface area contributed by atoms with Crippen LogP contribution in [-0.2, 0) is 0 Å². The van der Waals surface area contributed by atoms with Gasteiger partial charge in [0.25, 0.3) is 0 Å². The molecule has 0 aliphatic rings. The molecule has 0 aliphatic carbocycles. The molecule has 0 radical (unpaired) electrons. The largest absolute Gasteiger partial charge is 0.309 e. The highest BCUT2D eigenvalue weighted by Gasteiger charge is 2.12. The Bertz CT molecular complexity index is 1630. The van der Waals surface area contributed by atoms with Crippen molar-refractivity contribution in [3.63, 3.8) is 0 Å². The molecule has 6 rings (SSSR count). The number of benzene rings is 5. The van der Waals surface area contributed by atoms with Gasteiger partial charge in [-0.25, -0.2) is 0 Å². The van der Waals surface area contributed by atoms with Crippen LogP contribution in [-0.4, -0.2) is 4.57 Å². The second-order valence-electron chi connectivity index (χ2n) is 9.71. The minimum absolute atomic E-state index is 1.17. The van der Waals surface area contributed by atoms with Crippen molar-refractivity contribution in [1.29, 1.82) is 0 Å². The van der Waals surface area contributed by atoms with Crippen molar-refractivity contribution < 1.29 is 0 Å². The molecule has 0 amide bonds. The third-order valence-electron chi connectivity index (χ3n) is 6.92. The van der Waals surface area contributed by atoms with Gasteiger partial charge < -0.3 is 4.57 Å². The van der Waals surface area contributed by atoms with Crippen LogP contribution in [0.4, 0.5) is 0 Å². The second kappa shape index (κ2) is 9.79. The molecule has 6 aromatic rings. The molecular weight excluding hydrogens is 446 g/mol. The van der Waals surface area contributed by atoms with E-state index in [4.69, 9.17) is 0 Å². The molecule has 0 spiro atoms. The number of hydrogen-bond acceptors (Lipinski definition) is 0. The number of aryl methyl sites for hydroxylation is 2. The Morgan fingerprint density at radius 2 is 0.838 bits per heavy atom. The standard InChI is InChI=1S/C36H29N/c1-26-8-12-28(13-9-26)16-18-30-20-22-35-33(24-30)34-25-31(19-17-29-14-10-27(2)11-15-29)21-23-36(34)37(35)32-6-4-3-5-7-32/h3-25H,1-2H3/b18-16+,19-17+. The van der Waals surface area contributed by atoms with Crippen LogP contribution in [0.25, 0.3) is 51.8 Å². The summed E-state index contributed by atoms with van der Waals surface area (Å²) in [5, 5.41) is 2.52. The van der Waals surface area contributed by atoms with E-state index in [0.717, 1.165) is 0 Å². The Labute approximate surface area is 218 Å². The van der Waals surface area contributed by atoms with Crippen molar-refractivity contribution in [1.82, 2.24) is 4.57 Å². The number of nitrogens with zero attached hydrogens (tertiary/aromatic N) is 1. The van der Waals surface area contributed by atoms with Gasteiger partial charge in [-0.05, 0) is 72.5 Å². The summed E-state index contributed by atoms with van der Waals surface area (Å²) >= 11 is 0. The van der Waals surface area contributed by atoms with Gasteiger partial charge in [-0.15, -0.1) is 0 Å². The molecule has 1 heterocycles. The fourth-order valence-electron chi connectivity index (χ4n) is 4.86. The van der Waals surface area contributed by atoms with E-state index >= 15 is 0 Å². The molecule has 0 bridgehead atoms. The Hall–Kier alpha value is -4.62. The highest BCUT2D eigenvalue weighted by Crippen LogP contribution is 2.34. The molecule has 37 heavy (non-hydrogen) atoms. The fraction of sp³-hybridized carbons (Fsp3) is 0.0556. The van der Waals surface area contributed by atoms with E-state index in [1.54, 1.807) is 0 Å². The van der Waals surface area contributed by atoms with Crippen LogP contribution in [0.2, 0.25) is 0 Å². The SMILES string of the molecule is Cc1ccc(/C=C/c2ccc3c(c2)c2cc(/C=C/c4ccc(C)cc4)ccc2n3-c2ccccc2)cc1. The lowest BCUT2D eigenvalue weighted by atomic mass is 10.0. The first-order valence-corrected chi connectivity index (χ1v) is 12.8. The van der Waals surface area contributed by atoms with E-state index in [-0.39, 0.29) is 0 Å². The highest BCUT2D eigenvalue weighted by molar-refractivity contribution is 6.10. The lowest BCUT2D eigenvalue weighted by Crippen LogP contribution is -1.93. The maximum absolute atomic E-state index is 2.37. The van der Waals surface area contributed by atoms with Gasteiger partial charge in [0.1, 0.15) is 0 Å². The van der Waals surface area contributed by atoms with Gasteiger partial charge in [-0.3, -0.25) is 0 Å². The number of fused-ring (bicyclic) bond motifs is 3. The molecule has 178 valence electrons. The normalized spacial score (nSPS) is 11.8. The smallest absolute Gasteiger partial charge is 0.0541 e. The summed E-state index contributed by atoms with van der Waals surface area (Å²) in [6.45, 7) is 4.24. The van der Waals surface area contributed by atoms with Crippen LogP contribution in [0, 0.1) is 13.8 Å². The van der Waals surface area contributed by atoms with Gasteiger partial charge in [0.05, 0.1) is 11.0 Å². The number of aromatic nitrogens is 1. The van der Waals surface area contributed by atoms with Crippen LogP contribution < -0.4 is 0 Å². The van der Waals surface area contributed by atoms with Gasteiger partial charge in [0, 0.05) is 16.5 Å². The quantitative estimate of drug-likeness (QED) is 0.219. The second-order valence-corrected chi connectivity index (χ2v) is 9.71. The predicted molar refractivity (Wildman–Crippen MR) is 161 cm³/mol. The molecule has 1 aromatic heterocycles. The molecule has 1 heteroatoms. The molecule has 5 aromatic carbocycles. The van der Waals surface area contributed by atoms with Gasteiger partial charge >= 0.3 is 0 Å². The Morgan fingerprint density at radius 3 is 1.30 bits per heavy atom. The molecule has 0 aliphatic heterocycles. The average molecular weight is 476 g/mol. The molecule has 0 unspecified atom stereocenters. The Kier molecular flexibility index (Phi) is 6.04. The zero-order chi connectivity index (χ0) is 25.2. The first kappa shape index (κ1) is 22.8. The summed E-state index contributed by atoms with van der Waals surface area (Å²) in [6, 6.07) is 41.5. The van der Waals surface area contributed by atoms with Gasteiger partial charge in [0.15, 0.2) is 0 Å². The molecule has 0 saturated heterocycles. The van der Waals surface area contributed by atoms with Crippen LogP contribution in [0.3, 0.4) is 0 Å². The molecule has 0 fully saturated rings. The summed E-state index contributed by atoms with van der Waals surface area (Å²) in [6.07, 6.45) is 8.79. The third kappa shape index (κ3) is 4.77. The molecule has 0 N–H and O–H groups in total. The maximum Gasteiger partial charge on any atom is 0.0541 e. The van der Waals surface area contributed by atoms with Crippen molar-refractivity contribution in [3.8, 4) is 5.69 Å². The highest BCUT2D eigenvalue weighted by atomic mass is 15.0.